The number of alkyl halides is 6. The smallest absolute Gasteiger partial charge is 0.373 e. The second-order valence-corrected chi connectivity index (χ2v) is 9.82. The molecule has 0 N–H and O–H groups in total. The molecule has 1 aliphatic rings. The Kier molecular flexibility index (Phi) is 8.83. The van der Waals surface area contributed by atoms with Crippen LogP contribution in [0.4, 0.5) is 26.3 Å². The first-order valence-corrected chi connectivity index (χ1v) is 12.8. The lowest BCUT2D eigenvalue weighted by atomic mass is 9.75. The molecule has 0 bridgehead atoms. The lowest BCUT2D eigenvalue weighted by Crippen LogP contribution is -2.47. The number of rotatable bonds is 8. The first-order chi connectivity index (χ1) is 18.1. The number of nitrogens with zero attached hydrogens (tertiary/aromatic N) is 1. The van der Waals surface area contributed by atoms with Crippen LogP contribution in [0.5, 0.6) is 0 Å². The number of hydrogen-bond acceptors (Lipinski definition) is 2. The molecule has 2 nitrogen and oxygen atoms in total. The third kappa shape index (κ3) is 6.97. The number of benzene rings is 3. The molecule has 0 unspecified atom stereocenters. The van der Waals surface area contributed by atoms with E-state index in [0.29, 0.717) is 13.0 Å². The van der Waals surface area contributed by atoms with Gasteiger partial charge >= 0.3 is 12.4 Å². The van der Waals surface area contributed by atoms with Crippen LogP contribution in [-0.2, 0) is 23.7 Å². The van der Waals surface area contributed by atoms with E-state index in [2.05, 4.69) is 36.1 Å². The lowest BCUT2D eigenvalue weighted by Gasteiger charge is -2.42. The van der Waals surface area contributed by atoms with Gasteiger partial charge in [-0.05, 0) is 54.3 Å². The number of ether oxygens (including phenoxy) is 1. The Bertz CT molecular complexity index is 1090. The number of halogens is 6. The molecule has 3 aromatic carbocycles. The van der Waals surface area contributed by atoms with Gasteiger partial charge in [-0.15, -0.1) is 0 Å². The molecule has 0 aromatic heterocycles. The highest BCUT2D eigenvalue weighted by Crippen LogP contribution is 2.40. The van der Waals surface area contributed by atoms with E-state index in [1.54, 1.807) is 0 Å². The lowest BCUT2D eigenvalue weighted by molar-refractivity contribution is -0.143. The maximum atomic E-state index is 13.4. The van der Waals surface area contributed by atoms with Crippen LogP contribution >= 0.6 is 0 Å². The predicted molar refractivity (Wildman–Crippen MR) is 135 cm³/mol. The van der Waals surface area contributed by atoms with Crippen molar-refractivity contribution < 1.29 is 31.1 Å². The van der Waals surface area contributed by atoms with Crippen molar-refractivity contribution in [1.82, 2.24) is 4.90 Å². The third-order valence-electron chi connectivity index (χ3n) is 7.07. The van der Waals surface area contributed by atoms with Crippen LogP contribution < -0.4 is 0 Å². The van der Waals surface area contributed by atoms with E-state index in [9.17, 15) is 26.3 Å². The minimum Gasteiger partial charge on any atom is -0.373 e. The van der Waals surface area contributed by atoms with E-state index in [0.717, 1.165) is 42.8 Å². The van der Waals surface area contributed by atoms with E-state index in [4.69, 9.17) is 4.74 Å². The van der Waals surface area contributed by atoms with Gasteiger partial charge in [0.05, 0.1) is 23.8 Å². The quantitative estimate of drug-likeness (QED) is 0.270. The van der Waals surface area contributed by atoms with Gasteiger partial charge in [0.2, 0.25) is 0 Å². The highest BCUT2D eigenvalue weighted by molar-refractivity contribution is 5.35. The molecule has 0 spiro atoms. The van der Waals surface area contributed by atoms with Crippen molar-refractivity contribution in [3.8, 4) is 0 Å². The van der Waals surface area contributed by atoms with Crippen LogP contribution in [0.15, 0.2) is 78.9 Å². The van der Waals surface area contributed by atoms with Crippen molar-refractivity contribution in [2.75, 3.05) is 19.6 Å². The topological polar surface area (TPSA) is 12.5 Å². The summed E-state index contributed by atoms with van der Waals surface area (Å²) >= 11 is 0. The highest BCUT2D eigenvalue weighted by atomic mass is 19.4. The Morgan fingerprint density at radius 1 is 0.816 bits per heavy atom. The minimum atomic E-state index is -4.89. The zero-order valence-corrected chi connectivity index (χ0v) is 21.1. The molecule has 2 atom stereocenters. The molecule has 0 amide bonds. The summed E-state index contributed by atoms with van der Waals surface area (Å²) in [6.07, 6.45) is -8.53. The predicted octanol–water partition coefficient (Wildman–Crippen LogP) is 8.17. The zero-order chi connectivity index (χ0) is 27.3. The van der Waals surface area contributed by atoms with Crippen LogP contribution in [0.3, 0.4) is 0 Å². The first-order valence-electron chi connectivity index (χ1n) is 12.8. The van der Waals surface area contributed by atoms with E-state index in [-0.39, 0.29) is 36.2 Å². The van der Waals surface area contributed by atoms with E-state index in [1.807, 2.05) is 36.4 Å². The Morgan fingerprint density at radius 3 is 1.82 bits per heavy atom. The van der Waals surface area contributed by atoms with Crippen molar-refractivity contribution in [3.05, 3.63) is 107 Å². The highest BCUT2D eigenvalue weighted by Gasteiger charge is 2.39. The van der Waals surface area contributed by atoms with E-state index in [1.165, 1.54) is 0 Å². The minimum absolute atomic E-state index is 0.0469. The second kappa shape index (κ2) is 11.9. The average Bonchev–Trinajstić information content (AvgIpc) is 2.89. The fourth-order valence-electron chi connectivity index (χ4n) is 5.39. The summed E-state index contributed by atoms with van der Waals surface area (Å²) in [6, 6.07) is 21.6. The van der Waals surface area contributed by atoms with Crippen molar-refractivity contribution in [1.29, 1.82) is 0 Å². The van der Waals surface area contributed by atoms with Gasteiger partial charge in [-0.25, -0.2) is 0 Å². The largest absolute Gasteiger partial charge is 0.416 e. The Labute approximate surface area is 219 Å². The summed E-state index contributed by atoms with van der Waals surface area (Å²) in [5, 5.41) is 0. The van der Waals surface area contributed by atoms with Gasteiger partial charge in [0.15, 0.2) is 0 Å². The van der Waals surface area contributed by atoms with E-state index < -0.39 is 23.5 Å². The zero-order valence-electron chi connectivity index (χ0n) is 21.1. The van der Waals surface area contributed by atoms with Crippen LogP contribution in [0.1, 0.15) is 53.5 Å². The van der Waals surface area contributed by atoms with Gasteiger partial charge in [0, 0.05) is 24.9 Å². The van der Waals surface area contributed by atoms with Crippen molar-refractivity contribution in [2.45, 2.75) is 50.7 Å². The summed E-state index contributed by atoms with van der Waals surface area (Å²) in [4.78, 5) is 2.36. The van der Waals surface area contributed by atoms with Crippen molar-refractivity contribution in [3.63, 3.8) is 0 Å². The third-order valence-corrected chi connectivity index (χ3v) is 7.07. The molecule has 1 heterocycles. The fraction of sp³-hybridized carbons (Fsp3) is 0.400. The molecule has 8 heteroatoms. The Hall–Kier alpha value is -2.84. The SMILES string of the molecule is CCCN1CC[C@H](OCc2cc(C(F)(F)F)cc(C(F)(F)F)c2)[C@H](C(c2ccccc2)c2ccccc2)C1. The van der Waals surface area contributed by atoms with Gasteiger partial charge < -0.3 is 9.64 Å². The molecule has 4 rings (SSSR count). The molecule has 38 heavy (non-hydrogen) atoms. The molecule has 1 fully saturated rings. The van der Waals surface area contributed by atoms with Gasteiger partial charge in [-0.1, -0.05) is 67.6 Å². The van der Waals surface area contributed by atoms with Crippen LogP contribution in [0.25, 0.3) is 0 Å². The van der Waals surface area contributed by atoms with E-state index >= 15 is 0 Å². The van der Waals surface area contributed by atoms with Gasteiger partial charge in [-0.2, -0.15) is 26.3 Å². The number of likely N-dealkylation sites (tertiary alicyclic amines) is 1. The van der Waals surface area contributed by atoms with Gasteiger partial charge in [-0.3, -0.25) is 0 Å². The van der Waals surface area contributed by atoms with Gasteiger partial charge in [0.1, 0.15) is 0 Å². The average molecular weight is 536 g/mol. The maximum Gasteiger partial charge on any atom is 0.416 e. The monoisotopic (exact) mass is 535 g/mol. The molecular weight excluding hydrogens is 504 g/mol. The molecular formula is C30H31F6NO. The van der Waals surface area contributed by atoms with Crippen LogP contribution in [0.2, 0.25) is 0 Å². The maximum absolute atomic E-state index is 13.4. The summed E-state index contributed by atoms with van der Waals surface area (Å²) in [5.74, 6) is -0.0951. The van der Waals surface area contributed by atoms with Crippen LogP contribution in [0, 0.1) is 5.92 Å². The van der Waals surface area contributed by atoms with Crippen molar-refractivity contribution in [2.24, 2.45) is 5.92 Å². The fourth-order valence-corrected chi connectivity index (χ4v) is 5.39. The molecule has 0 saturated carbocycles. The number of piperidine rings is 1. The molecule has 0 radical (unpaired) electrons. The molecule has 0 aliphatic carbocycles. The normalized spacial score (nSPS) is 19.2. The molecule has 204 valence electrons. The summed E-state index contributed by atoms with van der Waals surface area (Å²) in [5.41, 5.74) is -0.612. The molecule has 1 saturated heterocycles. The standard InChI is InChI=1S/C30H31F6NO/c1-2-14-37-15-13-27(38-20-21-16-24(29(31,32)33)18-25(17-21)30(34,35)36)26(19-37)28(22-9-5-3-6-10-22)23-11-7-4-8-12-23/h3-12,16-18,26-28H,2,13-15,19-20H2,1H3/t26-,27+/m1/s1. The summed E-state index contributed by atoms with van der Waals surface area (Å²) in [7, 11) is 0. The Morgan fingerprint density at radius 2 is 1.34 bits per heavy atom. The summed E-state index contributed by atoms with van der Waals surface area (Å²) in [6.45, 7) is 4.14. The van der Waals surface area contributed by atoms with Crippen molar-refractivity contribution >= 4 is 0 Å². The molecule has 3 aromatic rings. The summed E-state index contributed by atoms with van der Waals surface area (Å²) < 4.78 is 86.5. The first kappa shape index (κ1) is 28.2. The molecule has 1 aliphatic heterocycles. The number of hydrogen-bond donors (Lipinski definition) is 0. The van der Waals surface area contributed by atoms with Gasteiger partial charge in [0.25, 0.3) is 0 Å². The Balaban J connectivity index is 1.66. The van der Waals surface area contributed by atoms with Crippen LogP contribution in [-0.4, -0.2) is 30.6 Å². The second-order valence-electron chi connectivity index (χ2n) is 9.82.